The van der Waals surface area contributed by atoms with Crippen LogP contribution in [-0.4, -0.2) is 19.9 Å². The van der Waals surface area contributed by atoms with Gasteiger partial charge in [-0.15, -0.1) is 0 Å². The van der Waals surface area contributed by atoms with Gasteiger partial charge in [-0.05, 0) is 24.3 Å². The molecule has 6 nitrogen and oxygen atoms in total. The van der Waals surface area contributed by atoms with Gasteiger partial charge in [0.05, 0.1) is 4.90 Å². The first kappa shape index (κ1) is 12.3. The zero-order valence-corrected chi connectivity index (χ0v) is 10.4. The number of aromatic nitrogens is 1. The standard InChI is InChI=1S/C10H16N4O2S/c1-10(3-4-10)7-13-17(15,16)8-2-5-12-9(6-8)14-11/h2,5-6,13H,3-4,7,11H2,1H3,(H,12,14). The maximum absolute atomic E-state index is 12.0. The fraction of sp³-hybridized carbons (Fsp3) is 0.500. The molecule has 1 aromatic heterocycles. The summed E-state index contributed by atoms with van der Waals surface area (Å²) in [5.74, 6) is 5.51. The van der Waals surface area contributed by atoms with Crippen molar-refractivity contribution in [3.8, 4) is 0 Å². The van der Waals surface area contributed by atoms with Crippen LogP contribution in [0, 0.1) is 5.41 Å². The van der Waals surface area contributed by atoms with E-state index >= 15 is 0 Å². The second-order valence-electron chi connectivity index (χ2n) is 4.66. The summed E-state index contributed by atoms with van der Waals surface area (Å²) in [6, 6.07) is 2.84. The second-order valence-corrected chi connectivity index (χ2v) is 6.42. The summed E-state index contributed by atoms with van der Waals surface area (Å²) in [6.07, 6.45) is 3.55. The van der Waals surface area contributed by atoms with E-state index in [1.807, 2.05) is 0 Å². The van der Waals surface area contributed by atoms with Gasteiger partial charge in [0.25, 0.3) is 0 Å². The molecule has 0 bridgehead atoms. The van der Waals surface area contributed by atoms with Crippen molar-refractivity contribution < 1.29 is 8.42 Å². The smallest absolute Gasteiger partial charge is 0.240 e. The van der Waals surface area contributed by atoms with Gasteiger partial charge in [-0.25, -0.2) is 24.0 Å². The van der Waals surface area contributed by atoms with E-state index in [4.69, 9.17) is 5.84 Å². The molecule has 94 valence electrons. The fourth-order valence-electron chi connectivity index (χ4n) is 1.40. The number of anilines is 1. The molecule has 4 N–H and O–H groups in total. The molecule has 1 aromatic rings. The molecule has 0 atom stereocenters. The zero-order chi connectivity index (χ0) is 12.5. The van der Waals surface area contributed by atoms with Crippen LogP contribution in [0.1, 0.15) is 19.8 Å². The Morgan fingerprint density at radius 3 is 2.82 bits per heavy atom. The lowest BCUT2D eigenvalue weighted by Gasteiger charge is -2.11. The molecule has 0 radical (unpaired) electrons. The van der Waals surface area contributed by atoms with E-state index in [0.717, 1.165) is 12.8 Å². The van der Waals surface area contributed by atoms with Gasteiger partial charge in [-0.3, -0.25) is 0 Å². The molecular weight excluding hydrogens is 240 g/mol. The number of hydrogen-bond acceptors (Lipinski definition) is 5. The van der Waals surface area contributed by atoms with Gasteiger partial charge in [0.15, 0.2) is 0 Å². The van der Waals surface area contributed by atoms with E-state index in [2.05, 4.69) is 22.1 Å². The molecule has 2 rings (SSSR count). The van der Waals surface area contributed by atoms with Gasteiger partial charge in [-0.2, -0.15) is 0 Å². The average Bonchev–Trinajstić information content (AvgIpc) is 3.06. The summed E-state index contributed by atoms with van der Waals surface area (Å²) in [7, 11) is -3.47. The van der Waals surface area contributed by atoms with Gasteiger partial charge in [0, 0.05) is 18.8 Å². The zero-order valence-electron chi connectivity index (χ0n) is 9.60. The lowest BCUT2D eigenvalue weighted by atomic mass is 10.2. The van der Waals surface area contributed by atoms with Crippen molar-refractivity contribution >= 4 is 15.8 Å². The summed E-state index contributed by atoms with van der Waals surface area (Å²) in [5, 5.41) is 0. The van der Waals surface area contributed by atoms with E-state index in [1.165, 1.54) is 18.3 Å². The molecule has 1 heterocycles. The highest BCUT2D eigenvalue weighted by molar-refractivity contribution is 7.89. The van der Waals surface area contributed by atoms with Gasteiger partial charge in [0.1, 0.15) is 5.82 Å². The van der Waals surface area contributed by atoms with E-state index in [9.17, 15) is 8.42 Å². The highest BCUT2D eigenvalue weighted by Gasteiger charge is 2.38. The number of nitrogens with two attached hydrogens (primary N) is 1. The molecule has 17 heavy (non-hydrogen) atoms. The molecule has 1 aliphatic rings. The molecule has 0 aliphatic heterocycles. The third-order valence-electron chi connectivity index (χ3n) is 2.98. The number of sulfonamides is 1. The number of nitrogens with one attached hydrogen (secondary N) is 2. The number of hydrogen-bond donors (Lipinski definition) is 3. The average molecular weight is 256 g/mol. The summed E-state index contributed by atoms with van der Waals surface area (Å²) < 4.78 is 26.5. The lowest BCUT2D eigenvalue weighted by Crippen LogP contribution is -2.29. The molecule has 1 fully saturated rings. The molecule has 1 saturated carbocycles. The predicted octanol–water partition coefficient (Wildman–Crippen LogP) is 0.446. The first-order chi connectivity index (χ1) is 7.95. The number of rotatable bonds is 5. The van der Waals surface area contributed by atoms with Crippen molar-refractivity contribution in [3.05, 3.63) is 18.3 Å². The third-order valence-corrected chi connectivity index (χ3v) is 4.38. The third kappa shape index (κ3) is 2.93. The van der Waals surface area contributed by atoms with Crippen LogP contribution in [-0.2, 0) is 10.0 Å². The number of hydrazine groups is 1. The predicted molar refractivity (Wildman–Crippen MR) is 64.6 cm³/mol. The Hall–Kier alpha value is -1.18. The van der Waals surface area contributed by atoms with Gasteiger partial charge >= 0.3 is 0 Å². The number of pyridine rings is 1. The van der Waals surface area contributed by atoms with E-state index in [-0.39, 0.29) is 10.3 Å². The van der Waals surface area contributed by atoms with Crippen LogP contribution in [0.4, 0.5) is 5.82 Å². The van der Waals surface area contributed by atoms with Crippen molar-refractivity contribution in [2.24, 2.45) is 11.3 Å². The van der Waals surface area contributed by atoms with Crippen LogP contribution in [0.3, 0.4) is 0 Å². The molecule has 0 amide bonds. The van der Waals surface area contributed by atoms with E-state index in [0.29, 0.717) is 12.4 Å². The molecule has 7 heteroatoms. The van der Waals surface area contributed by atoms with Crippen molar-refractivity contribution in [1.82, 2.24) is 9.71 Å². The van der Waals surface area contributed by atoms with Crippen LogP contribution >= 0.6 is 0 Å². The summed E-state index contributed by atoms with van der Waals surface area (Å²) in [5.41, 5.74) is 2.45. The molecule has 0 spiro atoms. The minimum atomic E-state index is -3.47. The minimum Gasteiger partial charge on any atom is -0.308 e. The first-order valence-electron chi connectivity index (χ1n) is 5.38. The van der Waals surface area contributed by atoms with Crippen LogP contribution in [0.5, 0.6) is 0 Å². The van der Waals surface area contributed by atoms with Crippen LogP contribution < -0.4 is 16.0 Å². The molecule has 0 saturated heterocycles. The minimum absolute atomic E-state index is 0.134. The SMILES string of the molecule is CC1(CNS(=O)(=O)c2ccnc(NN)c2)CC1. The van der Waals surface area contributed by atoms with E-state index in [1.54, 1.807) is 0 Å². The van der Waals surface area contributed by atoms with Gasteiger partial charge in [-0.1, -0.05) is 6.92 Å². The van der Waals surface area contributed by atoms with Crippen molar-refractivity contribution in [2.45, 2.75) is 24.7 Å². The van der Waals surface area contributed by atoms with Crippen LogP contribution in [0.2, 0.25) is 0 Å². The Morgan fingerprint density at radius 1 is 1.53 bits per heavy atom. The highest BCUT2D eigenvalue weighted by atomic mass is 32.2. The topological polar surface area (TPSA) is 97.1 Å². The molecule has 0 unspecified atom stereocenters. The number of nitrogen functional groups attached to an aromatic ring is 1. The molecule has 0 aromatic carbocycles. The van der Waals surface area contributed by atoms with E-state index < -0.39 is 10.0 Å². The lowest BCUT2D eigenvalue weighted by molar-refractivity contribution is 0.530. The second kappa shape index (κ2) is 4.25. The summed E-state index contributed by atoms with van der Waals surface area (Å²) >= 11 is 0. The Balaban J connectivity index is 2.13. The summed E-state index contributed by atoms with van der Waals surface area (Å²) in [4.78, 5) is 4.04. The largest absolute Gasteiger partial charge is 0.308 e. The molecule has 1 aliphatic carbocycles. The van der Waals surface area contributed by atoms with Crippen molar-refractivity contribution in [3.63, 3.8) is 0 Å². The monoisotopic (exact) mass is 256 g/mol. The molecular formula is C10H16N4O2S. The van der Waals surface area contributed by atoms with Crippen molar-refractivity contribution in [1.29, 1.82) is 0 Å². The Morgan fingerprint density at radius 2 is 2.24 bits per heavy atom. The number of nitrogens with zero attached hydrogens (tertiary/aromatic N) is 1. The quantitative estimate of drug-likeness (QED) is 0.525. The highest BCUT2D eigenvalue weighted by Crippen LogP contribution is 2.44. The fourth-order valence-corrected chi connectivity index (χ4v) is 2.61. The first-order valence-corrected chi connectivity index (χ1v) is 6.86. The van der Waals surface area contributed by atoms with Gasteiger partial charge in [0.2, 0.25) is 10.0 Å². The summed E-state index contributed by atoms with van der Waals surface area (Å²) in [6.45, 7) is 2.54. The Labute approximate surface area is 101 Å². The Kier molecular flexibility index (Phi) is 3.07. The van der Waals surface area contributed by atoms with Gasteiger partial charge < -0.3 is 5.43 Å². The normalized spacial score (nSPS) is 17.8. The Bertz CT molecular complexity index is 511. The van der Waals surface area contributed by atoms with Crippen molar-refractivity contribution in [2.75, 3.05) is 12.0 Å². The maximum atomic E-state index is 12.0. The maximum Gasteiger partial charge on any atom is 0.240 e. The van der Waals surface area contributed by atoms with Crippen LogP contribution in [0.25, 0.3) is 0 Å². The van der Waals surface area contributed by atoms with Crippen LogP contribution in [0.15, 0.2) is 23.2 Å².